The molecule has 8 heteroatoms. The van der Waals surface area contributed by atoms with Crippen LogP contribution in [0, 0.1) is 0 Å². The monoisotopic (exact) mass is 300 g/mol. The van der Waals surface area contributed by atoms with Crippen molar-refractivity contribution in [3.8, 4) is 0 Å². The van der Waals surface area contributed by atoms with Crippen molar-refractivity contribution in [2.24, 2.45) is 7.05 Å². The van der Waals surface area contributed by atoms with Crippen LogP contribution in [0.4, 0.5) is 11.8 Å². The zero-order valence-corrected chi connectivity index (χ0v) is 12.8. The number of unbranched alkanes of at least 4 members (excludes halogenated alkanes) is 1. The molecular formula is C14H20N8. The largest absolute Gasteiger partial charge is 0.368 e. The number of nitrogens with two attached hydrogens (primary N) is 1. The van der Waals surface area contributed by atoms with Crippen LogP contribution in [0.25, 0.3) is 11.0 Å². The van der Waals surface area contributed by atoms with Crippen LogP contribution < -0.4 is 11.1 Å². The van der Waals surface area contributed by atoms with Crippen LogP contribution in [-0.4, -0.2) is 35.8 Å². The fourth-order valence-electron chi connectivity index (χ4n) is 2.27. The zero-order valence-electron chi connectivity index (χ0n) is 12.8. The van der Waals surface area contributed by atoms with E-state index in [-0.39, 0.29) is 5.95 Å². The summed E-state index contributed by atoms with van der Waals surface area (Å²) in [5.41, 5.74) is 8.34. The Hall–Kier alpha value is -2.64. The number of hydrogen-bond donors (Lipinski definition) is 2. The first-order valence-corrected chi connectivity index (χ1v) is 7.37. The van der Waals surface area contributed by atoms with Gasteiger partial charge < -0.3 is 15.6 Å². The Morgan fingerprint density at radius 1 is 1.32 bits per heavy atom. The normalized spacial score (nSPS) is 11.2. The number of fused-ring (bicyclic) bond motifs is 1. The van der Waals surface area contributed by atoms with E-state index in [9.17, 15) is 0 Å². The molecule has 0 aromatic carbocycles. The average molecular weight is 300 g/mol. The van der Waals surface area contributed by atoms with Gasteiger partial charge in [-0.1, -0.05) is 13.3 Å². The number of imidazole rings is 1. The first-order chi connectivity index (χ1) is 10.7. The third kappa shape index (κ3) is 2.85. The summed E-state index contributed by atoms with van der Waals surface area (Å²) in [4.78, 5) is 12.6. The smallest absolute Gasteiger partial charge is 0.222 e. The number of aryl methyl sites for hydroxylation is 1. The molecule has 0 spiro atoms. The highest BCUT2D eigenvalue weighted by atomic mass is 15.3. The van der Waals surface area contributed by atoms with Gasteiger partial charge in [0.1, 0.15) is 5.52 Å². The lowest BCUT2D eigenvalue weighted by molar-refractivity contribution is 0.654. The molecule has 3 aromatic rings. The number of nitrogens with zero attached hydrogens (tertiary/aromatic N) is 6. The van der Waals surface area contributed by atoms with Crippen molar-refractivity contribution in [2.75, 3.05) is 17.6 Å². The van der Waals surface area contributed by atoms with Gasteiger partial charge in [0.15, 0.2) is 11.3 Å². The fraction of sp³-hybridized carbons (Fsp3) is 0.429. The molecule has 3 rings (SSSR count). The average Bonchev–Trinajstić information content (AvgIpc) is 3.06. The topological polar surface area (TPSA) is 99.5 Å². The van der Waals surface area contributed by atoms with Crippen LogP contribution in [-0.2, 0) is 13.6 Å². The van der Waals surface area contributed by atoms with Crippen LogP contribution in [0.5, 0.6) is 0 Å². The first-order valence-electron chi connectivity index (χ1n) is 7.37. The van der Waals surface area contributed by atoms with Crippen LogP contribution in [0.1, 0.15) is 25.5 Å². The third-order valence-electron chi connectivity index (χ3n) is 3.49. The molecule has 3 aromatic heterocycles. The third-order valence-corrected chi connectivity index (χ3v) is 3.49. The van der Waals surface area contributed by atoms with Gasteiger partial charge in [-0.25, -0.2) is 9.97 Å². The Kier molecular flexibility index (Phi) is 3.90. The predicted molar refractivity (Wildman–Crippen MR) is 85.4 cm³/mol. The second-order valence-electron chi connectivity index (χ2n) is 5.27. The molecular weight excluding hydrogens is 280 g/mol. The number of aromatic nitrogens is 6. The van der Waals surface area contributed by atoms with Crippen molar-refractivity contribution in [1.82, 2.24) is 29.3 Å². The van der Waals surface area contributed by atoms with E-state index in [4.69, 9.17) is 5.73 Å². The van der Waals surface area contributed by atoms with E-state index in [1.165, 1.54) is 0 Å². The van der Waals surface area contributed by atoms with E-state index in [2.05, 4.69) is 32.3 Å². The molecule has 8 nitrogen and oxygen atoms in total. The Labute approximate surface area is 128 Å². The minimum absolute atomic E-state index is 0.256. The van der Waals surface area contributed by atoms with E-state index < -0.39 is 0 Å². The lowest BCUT2D eigenvalue weighted by atomic mass is 10.3. The van der Waals surface area contributed by atoms with Crippen molar-refractivity contribution in [3.05, 3.63) is 24.4 Å². The van der Waals surface area contributed by atoms with Crippen molar-refractivity contribution < 1.29 is 0 Å². The summed E-state index contributed by atoms with van der Waals surface area (Å²) in [6.07, 6.45) is 7.67. The predicted octanol–water partition coefficient (Wildman–Crippen LogP) is 1.40. The molecule has 0 fully saturated rings. The Bertz CT molecular complexity index is 772. The molecule has 22 heavy (non-hydrogen) atoms. The fourth-order valence-corrected chi connectivity index (χ4v) is 2.27. The van der Waals surface area contributed by atoms with Gasteiger partial charge in [-0.05, 0) is 6.42 Å². The SMILES string of the molecule is CCCCNc1nc(N)nc2cn(Cc3cncn3C)nc12. The molecule has 3 N–H and O–H groups in total. The standard InChI is InChI=1S/C14H20N8/c1-3-4-5-17-13-12-11(18-14(15)19-13)8-22(20-12)7-10-6-16-9-21(10)2/h6,8-9H,3-5,7H2,1-2H3,(H3,15,17,18,19). The summed E-state index contributed by atoms with van der Waals surface area (Å²) in [7, 11) is 1.96. The molecule has 0 aliphatic heterocycles. The van der Waals surface area contributed by atoms with E-state index >= 15 is 0 Å². The van der Waals surface area contributed by atoms with Crippen LogP contribution >= 0.6 is 0 Å². The molecule has 0 amide bonds. The lowest BCUT2D eigenvalue weighted by Gasteiger charge is -2.05. The van der Waals surface area contributed by atoms with Gasteiger partial charge in [-0.3, -0.25) is 4.68 Å². The van der Waals surface area contributed by atoms with Crippen molar-refractivity contribution in [1.29, 1.82) is 0 Å². The van der Waals surface area contributed by atoms with Gasteiger partial charge in [0, 0.05) is 13.6 Å². The first kappa shape index (κ1) is 14.3. The quantitative estimate of drug-likeness (QED) is 0.668. The zero-order chi connectivity index (χ0) is 15.5. The van der Waals surface area contributed by atoms with Crippen LogP contribution in [0.2, 0.25) is 0 Å². The summed E-state index contributed by atoms with van der Waals surface area (Å²) in [6, 6.07) is 0. The van der Waals surface area contributed by atoms with E-state index in [1.54, 1.807) is 6.33 Å². The van der Waals surface area contributed by atoms with Gasteiger partial charge in [0.2, 0.25) is 5.95 Å². The van der Waals surface area contributed by atoms with E-state index in [0.717, 1.165) is 36.1 Å². The minimum Gasteiger partial charge on any atom is -0.368 e. The van der Waals surface area contributed by atoms with Crippen LogP contribution in [0.15, 0.2) is 18.7 Å². The highest BCUT2D eigenvalue weighted by molar-refractivity contribution is 5.85. The van der Waals surface area contributed by atoms with Crippen LogP contribution in [0.3, 0.4) is 0 Å². The van der Waals surface area contributed by atoms with Crippen molar-refractivity contribution >= 4 is 22.8 Å². The molecule has 0 saturated heterocycles. The molecule has 0 aliphatic carbocycles. The maximum atomic E-state index is 5.78. The molecule has 3 heterocycles. The second-order valence-corrected chi connectivity index (χ2v) is 5.27. The maximum absolute atomic E-state index is 5.78. The molecule has 0 saturated carbocycles. The summed E-state index contributed by atoms with van der Waals surface area (Å²) in [5, 5.41) is 7.87. The van der Waals surface area contributed by atoms with Gasteiger partial charge in [-0.2, -0.15) is 10.1 Å². The van der Waals surface area contributed by atoms with Gasteiger partial charge in [0.25, 0.3) is 0 Å². The van der Waals surface area contributed by atoms with Gasteiger partial charge in [-0.15, -0.1) is 0 Å². The second kappa shape index (κ2) is 6.00. The summed E-state index contributed by atoms with van der Waals surface area (Å²) < 4.78 is 3.80. The Morgan fingerprint density at radius 2 is 2.18 bits per heavy atom. The number of hydrogen-bond acceptors (Lipinski definition) is 6. The minimum atomic E-state index is 0.256. The highest BCUT2D eigenvalue weighted by Crippen LogP contribution is 2.20. The number of nitrogen functional groups attached to an aromatic ring is 1. The van der Waals surface area contributed by atoms with Crippen molar-refractivity contribution in [2.45, 2.75) is 26.3 Å². The number of nitrogens with one attached hydrogen (secondary N) is 1. The molecule has 0 aliphatic rings. The molecule has 0 unspecified atom stereocenters. The Balaban J connectivity index is 1.91. The molecule has 116 valence electrons. The molecule has 0 bridgehead atoms. The van der Waals surface area contributed by atoms with Gasteiger partial charge in [0.05, 0.1) is 31.0 Å². The van der Waals surface area contributed by atoms with Crippen molar-refractivity contribution in [3.63, 3.8) is 0 Å². The number of rotatable bonds is 6. The highest BCUT2D eigenvalue weighted by Gasteiger charge is 2.11. The molecule has 0 atom stereocenters. The lowest BCUT2D eigenvalue weighted by Crippen LogP contribution is -2.07. The molecule has 0 radical (unpaired) electrons. The summed E-state index contributed by atoms with van der Waals surface area (Å²) in [6.45, 7) is 3.62. The van der Waals surface area contributed by atoms with Gasteiger partial charge >= 0.3 is 0 Å². The van der Waals surface area contributed by atoms with E-state index in [0.29, 0.717) is 12.4 Å². The summed E-state index contributed by atoms with van der Waals surface area (Å²) >= 11 is 0. The maximum Gasteiger partial charge on any atom is 0.222 e. The van der Waals surface area contributed by atoms with E-state index in [1.807, 2.05) is 28.7 Å². The Morgan fingerprint density at radius 3 is 2.91 bits per heavy atom. The summed E-state index contributed by atoms with van der Waals surface area (Å²) in [5.74, 6) is 0.950. The number of anilines is 2.